The third kappa shape index (κ3) is 4.69. The van der Waals surface area contributed by atoms with E-state index >= 15 is 0 Å². The molecule has 7 heteroatoms. The van der Waals surface area contributed by atoms with Crippen molar-refractivity contribution in [3.05, 3.63) is 27.2 Å². The van der Waals surface area contributed by atoms with Gasteiger partial charge >= 0.3 is 0 Å². The average Bonchev–Trinajstić information content (AvgIpc) is 2.88. The fraction of sp³-hybridized carbons (Fsp3) is 0.429. The third-order valence-electron chi connectivity index (χ3n) is 2.81. The maximum absolute atomic E-state index is 11.8. The summed E-state index contributed by atoms with van der Waals surface area (Å²) in [6, 6.07) is 2.12. The molecule has 21 heavy (non-hydrogen) atoms. The molecule has 1 aliphatic heterocycles. The molecule has 0 radical (unpaired) electrons. The fourth-order valence-corrected chi connectivity index (χ4v) is 3.48. The van der Waals surface area contributed by atoms with Crippen molar-refractivity contribution in [2.24, 2.45) is 5.92 Å². The summed E-state index contributed by atoms with van der Waals surface area (Å²) in [4.78, 5) is 27.4. The Bertz CT molecular complexity index is 588. The summed E-state index contributed by atoms with van der Waals surface area (Å²) in [6.45, 7) is 1.84. The topological polar surface area (TPSA) is 82.8 Å². The lowest BCUT2D eigenvalue weighted by Crippen LogP contribution is -2.31. The predicted molar refractivity (Wildman–Crippen MR) is 84.6 cm³/mol. The second kappa shape index (κ2) is 7.96. The number of carbonyl (C=O) groups excluding carboxylic acids is 2. The molecule has 5 nitrogen and oxygen atoms in total. The highest BCUT2D eigenvalue weighted by atomic mass is 32.2. The van der Waals surface area contributed by atoms with Crippen LogP contribution in [0.4, 0.5) is 0 Å². The summed E-state index contributed by atoms with van der Waals surface area (Å²) in [5, 5.41) is 14.9. The molecule has 0 saturated heterocycles. The van der Waals surface area contributed by atoms with E-state index in [1.807, 2.05) is 12.3 Å². The molecule has 112 valence electrons. The molecule has 1 N–H and O–H groups in total. The number of nitriles is 1. The van der Waals surface area contributed by atoms with Crippen LogP contribution in [0.1, 0.15) is 25.8 Å². The molecule has 0 saturated carbocycles. The van der Waals surface area contributed by atoms with Gasteiger partial charge in [0, 0.05) is 23.9 Å². The Balaban J connectivity index is 0.00000220. The van der Waals surface area contributed by atoms with Gasteiger partial charge in [0.15, 0.2) is 0 Å². The lowest BCUT2D eigenvalue weighted by Gasteiger charge is -2.21. The molecular weight excluding hydrogens is 306 g/mol. The zero-order valence-electron chi connectivity index (χ0n) is 10.9. The van der Waals surface area contributed by atoms with Crippen LogP contribution in [0.5, 0.6) is 0 Å². The molecule has 0 bridgehead atoms. The number of thioether (sulfide) groups is 1. The van der Waals surface area contributed by atoms with Crippen molar-refractivity contribution in [3.63, 3.8) is 0 Å². The molecule has 1 aromatic heterocycles. The number of nitrogens with one attached hydrogen (secondary N) is 1. The Labute approximate surface area is 132 Å². The van der Waals surface area contributed by atoms with Gasteiger partial charge in [0.1, 0.15) is 5.78 Å². The first-order chi connectivity index (χ1) is 9.60. The number of Topliss-reactive ketones (excluding diaryl/α,β-unsaturated/α-hetero) is 1. The first-order valence-electron chi connectivity index (χ1n) is 6.07. The fourth-order valence-electron chi connectivity index (χ4n) is 1.84. The van der Waals surface area contributed by atoms with Crippen LogP contribution < -0.4 is 5.32 Å². The maximum atomic E-state index is 11.8. The predicted octanol–water partition coefficient (Wildman–Crippen LogP) is 2.52. The van der Waals surface area contributed by atoms with Crippen LogP contribution in [0, 0.1) is 17.2 Å². The Kier molecular flexibility index (Phi) is 6.59. The lowest BCUT2D eigenvalue weighted by atomic mass is 9.96. The molecule has 1 aliphatic rings. The minimum Gasteiger partial charge on any atom is -0.320 e. The van der Waals surface area contributed by atoms with Gasteiger partial charge in [-0.3, -0.25) is 9.59 Å². The summed E-state index contributed by atoms with van der Waals surface area (Å²) in [5.74, 6) is 0.0616. The third-order valence-corrected chi connectivity index (χ3v) is 4.67. The summed E-state index contributed by atoms with van der Waals surface area (Å²) < 4.78 is 0. The van der Waals surface area contributed by atoms with Gasteiger partial charge in [0.2, 0.25) is 5.91 Å². The average molecular weight is 323 g/mol. The number of aromatic nitrogens is 1. The highest BCUT2D eigenvalue weighted by Gasteiger charge is 2.25. The van der Waals surface area contributed by atoms with E-state index in [2.05, 4.69) is 16.4 Å². The molecule has 0 aromatic carbocycles. The highest BCUT2D eigenvalue weighted by molar-refractivity contribution is 8.03. The second-order valence-corrected chi connectivity index (χ2v) is 6.40. The van der Waals surface area contributed by atoms with Crippen molar-refractivity contribution in [2.75, 3.05) is 5.75 Å². The van der Waals surface area contributed by atoms with Gasteiger partial charge in [-0.15, -0.1) is 11.3 Å². The number of allylic oxidation sites excluding steroid dienone is 1. The number of nitrogens with zero attached hydrogens (tertiary/aromatic N) is 2. The molecular formula is C14H17N3O2S2. The lowest BCUT2D eigenvalue weighted by molar-refractivity contribution is -0.121. The van der Waals surface area contributed by atoms with E-state index in [0.29, 0.717) is 23.4 Å². The van der Waals surface area contributed by atoms with E-state index in [1.54, 1.807) is 6.20 Å². The van der Waals surface area contributed by atoms with Crippen molar-refractivity contribution < 1.29 is 9.59 Å². The Hall–Kier alpha value is -1.65. The Morgan fingerprint density at radius 3 is 3.05 bits per heavy atom. The Morgan fingerprint density at radius 2 is 2.43 bits per heavy atom. The number of carbonyl (C=O) groups is 2. The van der Waals surface area contributed by atoms with Gasteiger partial charge in [-0.05, 0) is 0 Å². The van der Waals surface area contributed by atoms with E-state index in [9.17, 15) is 9.59 Å². The summed E-state index contributed by atoms with van der Waals surface area (Å²) in [7, 11) is 0. The van der Waals surface area contributed by atoms with Crippen LogP contribution in [-0.4, -0.2) is 22.4 Å². The number of thiazole rings is 1. The van der Waals surface area contributed by atoms with E-state index in [1.165, 1.54) is 23.1 Å². The largest absolute Gasteiger partial charge is 0.320 e. The second-order valence-electron chi connectivity index (χ2n) is 4.44. The van der Waals surface area contributed by atoms with E-state index in [-0.39, 0.29) is 30.8 Å². The van der Waals surface area contributed by atoms with Crippen molar-refractivity contribution in [1.29, 1.82) is 5.26 Å². The first-order valence-corrected chi connectivity index (χ1v) is 7.93. The van der Waals surface area contributed by atoms with Gasteiger partial charge < -0.3 is 5.32 Å². The van der Waals surface area contributed by atoms with Gasteiger partial charge in [-0.2, -0.15) is 5.26 Å². The van der Waals surface area contributed by atoms with Gasteiger partial charge in [0.05, 0.1) is 33.9 Å². The van der Waals surface area contributed by atoms with Crippen molar-refractivity contribution in [1.82, 2.24) is 10.3 Å². The molecule has 0 fully saturated rings. The number of hydrogen-bond acceptors (Lipinski definition) is 6. The quantitative estimate of drug-likeness (QED) is 0.900. The molecule has 0 aliphatic carbocycles. The zero-order chi connectivity index (χ0) is 14.5. The van der Waals surface area contributed by atoms with Crippen LogP contribution in [0.15, 0.2) is 22.2 Å². The van der Waals surface area contributed by atoms with E-state index < -0.39 is 0 Å². The standard InChI is InChI=1S/C13H13N3O2S2.CH4/c1-8-4-11(18)16-13(10(8)6-14)20-7-9(17)5-12-15-2-3-19-12;/h2-3,8H,4-5,7H2,1H3,(H,16,18);1H4. The number of ketones is 1. The number of rotatable bonds is 5. The Morgan fingerprint density at radius 1 is 1.67 bits per heavy atom. The monoisotopic (exact) mass is 323 g/mol. The summed E-state index contributed by atoms with van der Waals surface area (Å²) >= 11 is 2.66. The summed E-state index contributed by atoms with van der Waals surface area (Å²) in [6.07, 6.45) is 2.28. The molecule has 1 atom stereocenters. The summed E-state index contributed by atoms with van der Waals surface area (Å²) in [5.41, 5.74) is 0.552. The molecule has 2 rings (SSSR count). The van der Waals surface area contributed by atoms with Crippen LogP contribution >= 0.6 is 23.1 Å². The first kappa shape index (κ1) is 17.4. The van der Waals surface area contributed by atoms with Crippen molar-refractivity contribution >= 4 is 34.8 Å². The van der Waals surface area contributed by atoms with E-state index in [4.69, 9.17) is 5.26 Å². The van der Waals surface area contributed by atoms with Gasteiger partial charge in [-0.25, -0.2) is 4.98 Å². The van der Waals surface area contributed by atoms with Gasteiger partial charge in [0.25, 0.3) is 0 Å². The number of amides is 1. The molecule has 0 spiro atoms. The normalized spacial score (nSPS) is 17.7. The molecule has 1 unspecified atom stereocenters. The minimum atomic E-state index is -0.105. The molecule has 2 heterocycles. The number of hydrogen-bond donors (Lipinski definition) is 1. The van der Waals surface area contributed by atoms with Crippen molar-refractivity contribution in [3.8, 4) is 6.07 Å². The maximum Gasteiger partial charge on any atom is 0.225 e. The zero-order valence-corrected chi connectivity index (χ0v) is 12.5. The highest BCUT2D eigenvalue weighted by Crippen LogP contribution is 2.28. The van der Waals surface area contributed by atoms with Crippen LogP contribution in [0.2, 0.25) is 0 Å². The SMILES string of the molecule is C.CC1CC(=O)NC(SCC(=O)Cc2nccs2)=C1C#N. The van der Waals surface area contributed by atoms with Gasteiger partial charge in [-0.1, -0.05) is 26.1 Å². The van der Waals surface area contributed by atoms with Crippen LogP contribution in [0.3, 0.4) is 0 Å². The smallest absolute Gasteiger partial charge is 0.225 e. The van der Waals surface area contributed by atoms with E-state index in [0.717, 1.165) is 5.01 Å². The van der Waals surface area contributed by atoms with Crippen molar-refractivity contribution in [2.45, 2.75) is 27.2 Å². The van der Waals surface area contributed by atoms with Crippen LogP contribution in [0.25, 0.3) is 0 Å². The molecule has 1 amide bonds. The van der Waals surface area contributed by atoms with Crippen LogP contribution in [-0.2, 0) is 16.0 Å². The minimum absolute atomic E-state index is 0. The molecule has 1 aromatic rings.